The molecule has 0 amide bonds. The Morgan fingerprint density at radius 2 is 1.77 bits per heavy atom. The highest BCUT2D eigenvalue weighted by molar-refractivity contribution is 6.32. The average Bonchev–Trinajstić information content (AvgIpc) is 2.65. The number of nitro groups is 1. The Kier molecular flexibility index (Phi) is 5.04. The zero-order valence-electron chi connectivity index (χ0n) is 13.3. The van der Waals surface area contributed by atoms with Crippen LogP contribution in [0.15, 0.2) is 36.4 Å². The molecule has 8 nitrogen and oxygen atoms in total. The number of hydrogen-bond acceptors (Lipinski definition) is 7. The van der Waals surface area contributed by atoms with E-state index in [1.807, 2.05) is 0 Å². The first-order valence-corrected chi connectivity index (χ1v) is 7.87. The van der Waals surface area contributed by atoms with Gasteiger partial charge in [-0.15, -0.1) is 0 Å². The maximum Gasteiger partial charge on any atom is 0.338 e. The van der Waals surface area contributed by atoms with Crippen LogP contribution >= 0.6 is 11.6 Å². The summed E-state index contributed by atoms with van der Waals surface area (Å²) in [5.74, 6) is -0.325. The third-order valence-electron chi connectivity index (χ3n) is 3.58. The van der Waals surface area contributed by atoms with Crippen LogP contribution in [-0.4, -0.2) is 36.5 Å². The molecule has 2 aromatic carbocycles. The second kappa shape index (κ2) is 7.40. The fourth-order valence-corrected chi connectivity index (χ4v) is 2.48. The van der Waals surface area contributed by atoms with Gasteiger partial charge in [-0.2, -0.15) is 0 Å². The molecule has 0 aromatic heterocycles. The number of benzene rings is 2. The molecule has 0 spiro atoms. The van der Waals surface area contributed by atoms with E-state index in [0.29, 0.717) is 30.3 Å². The molecular weight excluding hydrogens is 366 g/mol. The number of esters is 1. The van der Waals surface area contributed by atoms with Crippen LogP contribution < -0.4 is 9.47 Å². The van der Waals surface area contributed by atoms with E-state index in [-0.39, 0.29) is 10.6 Å². The van der Waals surface area contributed by atoms with E-state index in [1.165, 1.54) is 24.3 Å². The van der Waals surface area contributed by atoms with E-state index < -0.39 is 29.0 Å². The van der Waals surface area contributed by atoms with Gasteiger partial charge in [0.2, 0.25) is 0 Å². The molecule has 134 valence electrons. The molecule has 0 saturated carbocycles. The first kappa shape index (κ1) is 17.7. The number of Topliss-reactive ketones (excluding diaryl/α,β-unsaturated/α-hetero) is 1. The summed E-state index contributed by atoms with van der Waals surface area (Å²) in [6, 6.07) is 8.16. The lowest BCUT2D eigenvalue weighted by Gasteiger charge is -2.18. The minimum absolute atomic E-state index is 0.0731. The van der Waals surface area contributed by atoms with E-state index >= 15 is 0 Å². The standard InChI is InChI=1S/C17H12ClNO7/c18-12-3-1-11(7-13(12)19(22)23)17(21)26-9-14(20)10-2-4-15-16(8-10)25-6-5-24-15/h1-4,7-8H,5-6,9H2. The van der Waals surface area contributed by atoms with E-state index in [9.17, 15) is 19.7 Å². The second-order valence-electron chi connectivity index (χ2n) is 5.28. The zero-order valence-corrected chi connectivity index (χ0v) is 14.0. The molecule has 0 bridgehead atoms. The topological polar surface area (TPSA) is 105 Å². The van der Waals surface area contributed by atoms with Gasteiger partial charge >= 0.3 is 5.97 Å². The van der Waals surface area contributed by atoms with E-state index in [4.69, 9.17) is 25.8 Å². The van der Waals surface area contributed by atoms with Crippen LogP contribution in [0.2, 0.25) is 5.02 Å². The Labute approximate surface area is 152 Å². The summed E-state index contributed by atoms with van der Waals surface area (Å²) in [5.41, 5.74) is -0.195. The molecule has 1 aliphatic heterocycles. The summed E-state index contributed by atoms with van der Waals surface area (Å²) >= 11 is 5.69. The van der Waals surface area contributed by atoms with Crippen LogP contribution in [0, 0.1) is 10.1 Å². The molecular formula is C17H12ClNO7. The molecule has 0 atom stereocenters. The number of carbonyl (C=O) groups is 2. The monoisotopic (exact) mass is 377 g/mol. The highest BCUT2D eigenvalue weighted by Gasteiger charge is 2.19. The van der Waals surface area contributed by atoms with Crippen LogP contribution in [0.3, 0.4) is 0 Å². The van der Waals surface area contributed by atoms with Crippen LogP contribution in [0.4, 0.5) is 5.69 Å². The minimum Gasteiger partial charge on any atom is -0.486 e. The van der Waals surface area contributed by atoms with Crippen LogP contribution in [0.1, 0.15) is 20.7 Å². The Balaban J connectivity index is 1.67. The second-order valence-corrected chi connectivity index (χ2v) is 5.69. The summed E-state index contributed by atoms with van der Waals surface area (Å²) in [4.78, 5) is 34.4. The summed E-state index contributed by atoms with van der Waals surface area (Å²) in [6.45, 7) is 0.301. The van der Waals surface area contributed by atoms with Gasteiger partial charge in [-0.1, -0.05) is 11.6 Å². The van der Waals surface area contributed by atoms with Crippen molar-refractivity contribution in [3.63, 3.8) is 0 Å². The maximum absolute atomic E-state index is 12.2. The van der Waals surface area contributed by atoms with Gasteiger partial charge in [0.15, 0.2) is 23.9 Å². The van der Waals surface area contributed by atoms with Gasteiger partial charge in [0.1, 0.15) is 18.2 Å². The highest BCUT2D eigenvalue weighted by Crippen LogP contribution is 2.31. The largest absolute Gasteiger partial charge is 0.486 e. The molecule has 1 heterocycles. The Morgan fingerprint density at radius 3 is 2.50 bits per heavy atom. The SMILES string of the molecule is O=C(COC(=O)c1ccc(Cl)c([N+](=O)[O-])c1)c1ccc2c(c1)OCCO2. The van der Waals surface area contributed by atoms with Crippen molar-refractivity contribution >= 4 is 29.0 Å². The van der Waals surface area contributed by atoms with Crippen molar-refractivity contribution in [1.82, 2.24) is 0 Å². The number of nitrogens with zero attached hydrogens (tertiary/aromatic N) is 1. The average molecular weight is 378 g/mol. The predicted octanol–water partition coefficient (Wildman–Crippen LogP) is 3.06. The Bertz CT molecular complexity index is 897. The van der Waals surface area contributed by atoms with Gasteiger partial charge in [0.05, 0.1) is 10.5 Å². The van der Waals surface area contributed by atoms with Crippen molar-refractivity contribution in [1.29, 1.82) is 0 Å². The van der Waals surface area contributed by atoms with Crippen molar-refractivity contribution in [2.45, 2.75) is 0 Å². The van der Waals surface area contributed by atoms with Gasteiger partial charge in [0.25, 0.3) is 5.69 Å². The van der Waals surface area contributed by atoms with E-state index in [2.05, 4.69) is 0 Å². The number of ketones is 1. The molecule has 3 rings (SSSR count). The van der Waals surface area contributed by atoms with Crippen molar-refractivity contribution in [3.05, 3.63) is 62.7 Å². The van der Waals surface area contributed by atoms with E-state index in [1.54, 1.807) is 6.07 Å². The summed E-state index contributed by atoms with van der Waals surface area (Å²) < 4.78 is 15.7. The molecule has 1 aliphatic rings. The molecule has 2 aromatic rings. The summed E-state index contributed by atoms with van der Waals surface area (Å²) in [6.07, 6.45) is 0. The number of halogens is 1. The fourth-order valence-electron chi connectivity index (χ4n) is 2.29. The molecule has 0 N–H and O–H groups in total. The van der Waals surface area contributed by atoms with Crippen molar-refractivity contribution < 1.29 is 28.7 Å². The van der Waals surface area contributed by atoms with Gasteiger partial charge in [0, 0.05) is 11.6 Å². The molecule has 0 radical (unpaired) electrons. The normalized spacial score (nSPS) is 12.3. The number of fused-ring (bicyclic) bond motifs is 1. The zero-order chi connectivity index (χ0) is 18.7. The molecule has 0 fully saturated rings. The molecule has 0 unspecified atom stereocenters. The third kappa shape index (κ3) is 3.75. The Hall–Kier alpha value is -3.13. The molecule has 9 heteroatoms. The number of rotatable bonds is 5. The predicted molar refractivity (Wildman–Crippen MR) is 90.2 cm³/mol. The lowest BCUT2D eigenvalue weighted by molar-refractivity contribution is -0.384. The fraction of sp³-hybridized carbons (Fsp3) is 0.176. The Morgan fingerprint density at radius 1 is 1.08 bits per heavy atom. The highest BCUT2D eigenvalue weighted by atomic mass is 35.5. The first-order valence-electron chi connectivity index (χ1n) is 7.49. The smallest absolute Gasteiger partial charge is 0.338 e. The number of ether oxygens (including phenoxy) is 3. The van der Waals surface area contributed by atoms with Crippen LogP contribution in [0.5, 0.6) is 11.5 Å². The summed E-state index contributed by atoms with van der Waals surface area (Å²) in [7, 11) is 0. The van der Waals surface area contributed by atoms with Crippen molar-refractivity contribution in [2.24, 2.45) is 0 Å². The van der Waals surface area contributed by atoms with Crippen LogP contribution in [-0.2, 0) is 4.74 Å². The quantitative estimate of drug-likeness (QED) is 0.341. The third-order valence-corrected chi connectivity index (χ3v) is 3.90. The molecule has 0 saturated heterocycles. The van der Waals surface area contributed by atoms with Gasteiger partial charge in [-0.3, -0.25) is 14.9 Å². The maximum atomic E-state index is 12.2. The van der Waals surface area contributed by atoms with Crippen LogP contribution in [0.25, 0.3) is 0 Å². The lowest BCUT2D eigenvalue weighted by Crippen LogP contribution is -2.17. The van der Waals surface area contributed by atoms with Crippen molar-refractivity contribution in [2.75, 3.05) is 19.8 Å². The lowest BCUT2D eigenvalue weighted by atomic mass is 10.1. The summed E-state index contributed by atoms with van der Waals surface area (Å²) in [5, 5.41) is 10.8. The number of nitro benzene ring substituents is 1. The number of carbonyl (C=O) groups excluding carboxylic acids is 2. The first-order chi connectivity index (χ1) is 12.5. The van der Waals surface area contributed by atoms with E-state index in [0.717, 1.165) is 6.07 Å². The van der Waals surface area contributed by atoms with Crippen molar-refractivity contribution in [3.8, 4) is 11.5 Å². The van der Waals surface area contributed by atoms with Gasteiger partial charge in [-0.05, 0) is 30.3 Å². The van der Waals surface area contributed by atoms with Gasteiger partial charge in [-0.25, -0.2) is 4.79 Å². The number of hydrogen-bond donors (Lipinski definition) is 0. The van der Waals surface area contributed by atoms with Gasteiger partial charge < -0.3 is 14.2 Å². The minimum atomic E-state index is -0.865. The molecule has 0 aliphatic carbocycles. The molecule has 26 heavy (non-hydrogen) atoms.